The van der Waals surface area contributed by atoms with E-state index in [2.05, 4.69) is 24.1 Å². The Bertz CT molecular complexity index is 674. The van der Waals surface area contributed by atoms with E-state index in [-0.39, 0.29) is 11.9 Å². The van der Waals surface area contributed by atoms with E-state index < -0.39 is 0 Å². The van der Waals surface area contributed by atoms with Crippen molar-refractivity contribution in [1.82, 2.24) is 10.3 Å². The summed E-state index contributed by atoms with van der Waals surface area (Å²) in [6.07, 6.45) is 3.46. The molecule has 0 spiro atoms. The quantitative estimate of drug-likeness (QED) is 0.744. The summed E-state index contributed by atoms with van der Waals surface area (Å²) in [6, 6.07) is 10.9. The highest BCUT2D eigenvalue weighted by molar-refractivity contribution is 5.92. The van der Waals surface area contributed by atoms with Crippen LogP contribution in [0.5, 0.6) is 11.5 Å². The van der Waals surface area contributed by atoms with Crippen molar-refractivity contribution in [2.45, 2.75) is 39.7 Å². The molecule has 1 N–H and O–H groups in total. The number of amides is 1. The number of nitrogens with zero attached hydrogens (tertiary/aromatic N) is 1. The van der Waals surface area contributed by atoms with Gasteiger partial charge in [-0.25, -0.2) is 0 Å². The van der Waals surface area contributed by atoms with Crippen LogP contribution in [0, 0.1) is 0 Å². The minimum absolute atomic E-state index is 0.168. The zero-order valence-corrected chi connectivity index (χ0v) is 15.1. The standard InChI is InChI=1S/C20H26N2O3/c1-4-12-24-18-10-9-16(14-19(18)25-13-5-2)15(3)22-20(23)17-8-6-7-11-21-17/h6-11,14-15H,4-5,12-13H2,1-3H3,(H,22,23)/t15-/m0/s1. The van der Waals surface area contributed by atoms with Crippen molar-refractivity contribution >= 4 is 5.91 Å². The zero-order chi connectivity index (χ0) is 18.1. The van der Waals surface area contributed by atoms with Crippen LogP contribution in [0.2, 0.25) is 0 Å². The van der Waals surface area contributed by atoms with Crippen LogP contribution in [-0.2, 0) is 0 Å². The molecule has 0 unspecified atom stereocenters. The Labute approximate surface area is 149 Å². The van der Waals surface area contributed by atoms with Gasteiger partial charge in [0.15, 0.2) is 11.5 Å². The second kappa shape index (κ2) is 9.67. The highest BCUT2D eigenvalue weighted by Crippen LogP contribution is 2.31. The number of rotatable bonds is 9. The van der Waals surface area contributed by atoms with Gasteiger partial charge in [-0.1, -0.05) is 26.0 Å². The third-order valence-corrected chi connectivity index (χ3v) is 3.64. The molecule has 1 aromatic carbocycles. The number of hydrogen-bond donors (Lipinski definition) is 1. The van der Waals surface area contributed by atoms with Crippen LogP contribution < -0.4 is 14.8 Å². The lowest BCUT2D eigenvalue weighted by atomic mass is 10.1. The highest BCUT2D eigenvalue weighted by atomic mass is 16.5. The van der Waals surface area contributed by atoms with Crippen LogP contribution >= 0.6 is 0 Å². The molecule has 0 aliphatic heterocycles. The molecule has 5 nitrogen and oxygen atoms in total. The molecule has 0 radical (unpaired) electrons. The van der Waals surface area contributed by atoms with Crippen LogP contribution in [-0.4, -0.2) is 24.1 Å². The molecule has 1 amide bonds. The lowest BCUT2D eigenvalue weighted by Crippen LogP contribution is -2.27. The van der Waals surface area contributed by atoms with Crippen LogP contribution in [0.4, 0.5) is 0 Å². The van der Waals surface area contributed by atoms with Gasteiger partial charge in [-0.15, -0.1) is 0 Å². The molecule has 25 heavy (non-hydrogen) atoms. The smallest absolute Gasteiger partial charge is 0.270 e. The summed E-state index contributed by atoms with van der Waals surface area (Å²) in [6.45, 7) is 7.34. The van der Waals surface area contributed by atoms with Gasteiger partial charge >= 0.3 is 0 Å². The first kappa shape index (κ1) is 18.8. The normalized spacial score (nSPS) is 11.6. The van der Waals surface area contributed by atoms with E-state index >= 15 is 0 Å². The van der Waals surface area contributed by atoms with Gasteiger partial charge in [0.25, 0.3) is 5.91 Å². The van der Waals surface area contributed by atoms with Crippen molar-refractivity contribution in [2.24, 2.45) is 0 Å². The van der Waals surface area contributed by atoms with Crippen LogP contribution in [0.25, 0.3) is 0 Å². The number of aromatic nitrogens is 1. The summed E-state index contributed by atoms with van der Waals surface area (Å²) < 4.78 is 11.6. The van der Waals surface area contributed by atoms with E-state index in [0.29, 0.717) is 24.7 Å². The van der Waals surface area contributed by atoms with Gasteiger partial charge in [0.1, 0.15) is 5.69 Å². The SMILES string of the molecule is CCCOc1ccc([C@H](C)NC(=O)c2ccccn2)cc1OCCC. The molecule has 0 aliphatic carbocycles. The fourth-order valence-corrected chi connectivity index (χ4v) is 2.30. The van der Waals surface area contributed by atoms with Crippen molar-refractivity contribution in [3.05, 3.63) is 53.9 Å². The van der Waals surface area contributed by atoms with Gasteiger partial charge in [-0.2, -0.15) is 0 Å². The molecule has 1 aromatic heterocycles. The molecule has 134 valence electrons. The second-order valence-electron chi connectivity index (χ2n) is 5.81. The largest absolute Gasteiger partial charge is 0.490 e. The maximum Gasteiger partial charge on any atom is 0.270 e. The van der Waals surface area contributed by atoms with Crippen LogP contribution in [0.15, 0.2) is 42.6 Å². The van der Waals surface area contributed by atoms with Crippen molar-refractivity contribution in [3.8, 4) is 11.5 Å². The predicted molar refractivity (Wildman–Crippen MR) is 98.1 cm³/mol. The number of ether oxygens (including phenoxy) is 2. The number of carbonyl (C=O) groups is 1. The van der Waals surface area contributed by atoms with E-state index in [1.54, 1.807) is 24.4 Å². The summed E-state index contributed by atoms with van der Waals surface area (Å²) in [5.74, 6) is 1.25. The molecule has 0 fully saturated rings. The van der Waals surface area contributed by atoms with Gasteiger partial charge in [-0.3, -0.25) is 9.78 Å². The molecule has 0 saturated heterocycles. The number of pyridine rings is 1. The minimum atomic E-state index is -0.199. The summed E-state index contributed by atoms with van der Waals surface area (Å²) in [5, 5.41) is 2.96. The summed E-state index contributed by atoms with van der Waals surface area (Å²) >= 11 is 0. The Kier molecular flexibility index (Phi) is 7.26. The van der Waals surface area contributed by atoms with Gasteiger partial charge in [0.2, 0.25) is 0 Å². The predicted octanol–water partition coefficient (Wildman–Crippen LogP) is 4.15. The Morgan fingerprint density at radius 1 is 1.08 bits per heavy atom. The average molecular weight is 342 g/mol. The number of carbonyl (C=O) groups excluding carboxylic acids is 1. The zero-order valence-electron chi connectivity index (χ0n) is 15.1. The van der Waals surface area contributed by atoms with Crippen molar-refractivity contribution in [3.63, 3.8) is 0 Å². The average Bonchev–Trinajstić information content (AvgIpc) is 2.65. The third-order valence-electron chi connectivity index (χ3n) is 3.64. The van der Waals surface area contributed by atoms with Gasteiger partial charge in [0.05, 0.1) is 19.3 Å². The first-order chi connectivity index (χ1) is 12.2. The van der Waals surface area contributed by atoms with E-state index in [4.69, 9.17) is 9.47 Å². The molecule has 1 atom stereocenters. The third kappa shape index (κ3) is 5.48. The van der Waals surface area contributed by atoms with E-state index in [1.165, 1.54) is 0 Å². The van der Waals surface area contributed by atoms with E-state index in [9.17, 15) is 4.79 Å². The van der Waals surface area contributed by atoms with Crippen molar-refractivity contribution in [1.29, 1.82) is 0 Å². The van der Waals surface area contributed by atoms with Gasteiger partial charge < -0.3 is 14.8 Å². The van der Waals surface area contributed by atoms with E-state index in [0.717, 1.165) is 24.2 Å². The Morgan fingerprint density at radius 3 is 2.44 bits per heavy atom. The molecule has 2 rings (SSSR count). The second-order valence-corrected chi connectivity index (χ2v) is 5.81. The first-order valence-corrected chi connectivity index (χ1v) is 8.77. The van der Waals surface area contributed by atoms with E-state index in [1.807, 2.05) is 25.1 Å². The lowest BCUT2D eigenvalue weighted by Gasteiger charge is -2.18. The number of benzene rings is 1. The minimum Gasteiger partial charge on any atom is -0.490 e. The summed E-state index contributed by atoms with van der Waals surface area (Å²) in [7, 11) is 0. The molecule has 2 aromatic rings. The van der Waals surface area contributed by atoms with Crippen molar-refractivity contribution in [2.75, 3.05) is 13.2 Å². The fraction of sp³-hybridized carbons (Fsp3) is 0.400. The maximum atomic E-state index is 12.3. The Morgan fingerprint density at radius 2 is 1.80 bits per heavy atom. The topological polar surface area (TPSA) is 60.5 Å². The molecule has 0 saturated carbocycles. The van der Waals surface area contributed by atoms with Crippen LogP contribution in [0.1, 0.15) is 55.7 Å². The molecule has 0 aliphatic rings. The van der Waals surface area contributed by atoms with Crippen LogP contribution in [0.3, 0.4) is 0 Å². The van der Waals surface area contributed by atoms with Crippen molar-refractivity contribution < 1.29 is 14.3 Å². The van der Waals surface area contributed by atoms with Gasteiger partial charge in [-0.05, 0) is 49.6 Å². The molecule has 5 heteroatoms. The summed E-state index contributed by atoms with van der Waals surface area (Å²) in [5.41, 5.74) is 1.36. The molecular formula is C20H26N2O3. The first-order valence-electron chi connectivity index (χ1n) is 8.77. The Hall–Kier alpha value is -2.56. The fourth-order valence-electron chi connectivity index (χ4n) is 2.30. The molecule has 1 heterocycles. The highest BCUT2D eigenvalue weighted by Gasteiger charge is 2.15. The Balaban J connectivity index is 2.12. The monoisotopic (exact) mass is 342 g/mol. The number of hydrogen-bond acceptors (Lipinski definition) is 4. The molecule has 0 bridgehead atoms. The van der Waals surface area contributed by atoms with Gasteiger partial charge in [0, 0.05) is 6.20 Å². The summed E-state index contributed by atoms with van der Waals surface area (Å²) in [4.78, 5) is 16.3. The maximum absolute atomic E-state index is 12.3. The molecular weight excluding hydrogens is 316 g/mol. The lowest BCUT2D eigenvalue weighted by molar-refractivity contribution is 0.0934. The number of nitrogens with one attached hydrogen (secondary N) is 1.